The van der Waals surface area contributed by atoms with Gasteiger partial charge in [0.05, 0.1) is 19.8 Å². The van der Waals surface area contributed by atoms with E-state index in [2.05, 4.69) is 20.2 Å². The van der Waals surface area contributed by atoms with E-state index < -0.39 is 0 Å². The summed E-state index contributed by atoms with van der Waals surface area (Å²) in [6.07, 6.45) is 0. The van der Waals surface area contributed by atoms with Crippen molar-refractivity contribution in [1.29, 1.82) is 0 Å². The molecule has 0 aliphatic carbocycles. The van der Waals surface area contributed by atoms with Crippen LogP contribution in [0.3, 0.4) is 0 Å². The van der Waals surface area contributed by atoms with Crippen LogP contribution in [0, 0.1) is 0 Å². The van der Waals surface area contributed by atoms with Gasteiger partial charge in [-0.2, -0.15) is 10.1 Å². The predicted molar refractivity (Wildman–Crippen MR) is 63.4 cm³/mol. The summed E-state index contributed by atoms with van der Waals surface area (Å²) in [6.45, 7) is 0.374. The average Bonchev–Trinajstić information content (AvgIpc) is 2.87. The van der Waals surface area contributed by atoms with Crippen molar-refractivity contribution in [3.63, 3.8) is 0 Å². The van der Waals surface area contributed by atoms with Gasteiger partial charge in [0.25, 0.3) is 0 Å². The van der Waals surface area contributed by atoms with E-state index in [9.17, 15) is 0 Å². The molecule has 0 fully saturated rings. The quantitative estimate of drug-likeness (QED) is 0.853. The second-order valence-corrected chi connectivity index (χ2v) is 3.45. The molecule has 0 spiro atoms. The van der Waals surface area contributed by atoms with E-state index in [4.69, 9.17) is 14.2 Å². The molecule has 0 saturated heterocycles. The summed E-state index contributed by atoms with van der Waals surface area (Å²) in [5, 5.41) is 6.88. The Balaban J connectivity index is 2.36. The van der Waals surface area contributed by atoms with Crippen molar-refractivity contribution in [2.75, 3.05) is 21.3 Å². The maximum absolute atomic E-state index is 5.20. The lowest BCUT2D eigenvalue weighted by Crippen LogP contribution is -1.96. The summed E-state index contributed by atoms with van der Waals surface area (Å²) in [5.41, 5.74) is 0.692. The number of hydrogen-bond acceptors (Lipinski definition) is 6. The van der Waals surface area contributed by atoms with Crippen molar-refractivity contribution in [2.24, 2.45) is 0 Å². The molecule has 0 amide bonds. The largest absolute Gasteiger partial charge is 0.481 e. The minimum Gasteiger partial charge on any atom is -0.481 e. The van der Waals surface area contributed by atoms with E-state index in [0.29, 0.717) is 35.6 Å². The summed E-state index contributed by atoms with van der Waals surface area (Å²) in [5.74, 6) is 2.04. The molecular weight excluding hydrogens is 236 g/mol. The molecule has 2 aromatic rings. The van der Waals surface area contributed by atoms with E-state index in [-0.39, 0.29) is 0 Å². The number of nitrogens with zero attached hydrogens (tertiary/aromatic N) is 3. The van der Waals surface area contributed by atoms with Gasteiger partial charge in [0, 0.05) is 13.2 Å². The van der Waals surface area contributed by atoms with E-state index in [0.717, 1.165) is 0 Å². The Labute approximate surface area is 104 Å². The van der Waals surface area contributed by atoms with Crippen LogP contribution in [0.25, 0.3) is 11.4 Å². The zero-order chi connectivity index (χ0) is 13.0. The summed E-state index contributed by atoms with van der Waals surface area (Å²) in [6, 6.07) is 3.52. The Morgan fingerprint density at radius 1 is 1.11 bits per heavy atom. The molecule has 2 aromatic heterocycles. The first-order valence-corrected chi connectivity index (χ1v) is 5.28. The standard InChI is InChI=1S/C11H14N4O3/c1-16-6-8-12-10(15-14-8)7-4-5-9(17-2)13-11(7)18-3/h4-5H,6H2,1-3H3,(H,12,14,15). The van der Waals surface area contributed by atoms with Gasteiger partial charge in [0.2, 0.25) is 11.8 Å². The van der Waals surface area contributed by atoms with Crippen LogP contribution in [0.15, 0.2) is 12.1 Å². The van der Waals surface area contributed by atoms with Crippen LogP contribution in [-0.2, 0) is 11.3 Å². The Morgan fingerprint density at radius 2 is 1.94 bits per heavy atom. The summed E-state index contributed by atoms with van der Waals surface area (Å²) in [7, 11) is 4.68. The van der Waals surface area contributed by atoms with Crippen molar-refractivity contribution < 1.29 is 14.2 Å². The van der Waals surface area contributed by atoms with Gasteiger partial charge in [0.15, 0.2) is 11.6 Å². The number of ether oxygens (including phenoxy) is 3. The van der Waals surface area contributed by atoms with Gasteiger partial charge in [-0.25, -0.2) is 4.98 Å². The molecule has 0 atom stereocenters. The Morgan fingerprint density at radius 3 is 2.61 bits per heavy atom. The first kappa shape index (κ1) is 12.3. The molecular formula is C11H14N4O3. The van der Waals surface area contributed by atoms with Gasteiger partial charge in [-0.3, -0.25) is 5.10 Å². The Kier molecular flexibility index (Phi) is 3.73. The van der Waals surface area contributed by atoms with Crippen molar-refractivity contribution in [2.45, 2.75) is 6.61 Å². The van der Waals surface area contributed by atoms with Gasteiger partial charge in [-0.05, 0) is 6.07 Å². The Bertz CT molecular complexity index is 527. The SMILES string of the molecule is COCc1nc(-c2ccc(OC)nc2OC)n[nH]1. The maximum atomic E-state index is 5.20. The third-order valence-electron chi connectivity index (χ3n) is 2.29. The van der Waals surface area contributed by atoms with Gasteiger partial charge >= 0.3 is 0 Å². The Hall–Kier alpha value is -2.15. The molecule has 18 heavy (non-hydrogen) atoms. The van der Waals surface area contributed by atoms with Crippen molar-refractivity contribution in [1.82, 2.24) is 20.2 Å². The van der Waals surface area contributed by atoms with Crippen LogP contribution in [0.1, 0.15) is 5.82 Å². The van der Waals surface area contributed by atoms with Crippen LogP contribution in [0.5, 0.6) is 11.8 Å². The van der Waals surface area contributed by atoms with Crippen molar-refractivity contribution >= 4 is 0 Å². The number of hydrogen-bond donors (Lipinski definition) is 1. The number of methoxy groups -OCH3 is 3. The molecule has 2 rings (SSSR count). The fourth-order valence-electron chi connectivity index (χ4n) is 1.48. The number of rotatable bonds is 5. The summed E-state index contributed by atoms with van der Waals surface area (Å²) < 4.78 is 15.2. The highest BCUT2D eigenvalue weighted by Crippen LogP contribution is 2.27. The predicted octanol–water partition coefficient (Wildman–Crippen LogP) is 1.03. The van der Waals surface area contributed by atoms with Gasteiger partial charge in [0.1, 0.15) is 6.61 Å². The van der Waals surface area contributed by atoms with Crippen molar-refractivity contribution in [3.05, 3.63) is 18.0 Å². The number of pyridine rings is 1. The first-order valence-electron chi connectivity index (χ1n) is 5.28. The third kappa shape index (κ3) is 2.40. The zero-order valence-electron chi connectivity index (χ0n) is 10.4. The monoisotopic (exact) mass is 250 g/mol. The van der Waals surface area contributed by atoms with Gasteiger partial charge < -0.3 is 14.2 Å². The minimum absolute atomic E-state index is 0.374. The molecule has 1 N–H and O–H groups in total. The zero-order valence-corrected chi connectivity index (χ0v) is 10.4. The molecule has 0 radical (unpaired) electrons. The van der Waals surface area contributed by atoms with Crippen LogP contribution in [0.4, 0.5) is 0 Å². The van der Waals surface area contributed by atoms with E-state index >= 15 is 0 Å². The lowest BCUT2D eigenvalue weighted by atomic mass is 10.2. The number of aromatic amines is 1. The molecule has 0 unspecified atom stereocenters. The summed E-state index contributed by atoms with van der Waals surface area (Å²) >= 11 is 0. The average molecular weight is 250 g/mol. The smallest absolute Gasteiger partial charge is 0.227 e. The second kappa shape index (κ2) is 5.46. The first-order chi connectivity index (χ1) is 8.78. The molecule has 7 nitrogen and oxygen atoms in total. The fraction of sp³-hybridized carbons (Fsp3) is 0.364. The van der Waals surface area contributed by atoms with Crippen LogP contribution in [-0.4, -0.2) is 41.5 Å². The maximum Gasteiger partial charge on any atom is 0.227 e. The lowest BCUT2D eigenvalue weighted by Gasteiger charge is -2.05. The van der Waals surface area contributed by atoms with Crippen molar-refractivity contribution in [3.8, 4) is 23.1 Å². The number of nitrogens with one attached hydrogen (secondary N) is 1. The number of H-pyrrole nitrogens is 1. The van der Waals surface area contributed by atoms with Crippen LogP contribution in [0.2, 0.25) is 0 Å². The fourth-order valence-corrected chi connectivity index (χ4v) is 1.48. The molecule has 0 bridgehead atoms. The van der Waals surface area contributed by atoms with Gasteiger partial charge in [-0.15, -0.1) is 0 Å². The number of aromatic nitrogens is 4. The topological polar surface area (TPSA) is 82.2 Å². The molecule has 0 aliphatic heterocycles. The highest BCUT2D eigenvalue weighted by atomic mass is 16.5. The van der Waals surface area contributed by atoms with E-state index in [1.165, 1.54) is 7.11 Å². The molecule has 0 aromatic carbocycles. The molecule has 2 heterocycles. The normalized spacial score (nSPS) is 10.4. The van der Waals surface area contributed by atoms with Crippen LogP contribution < -0.4 is 9.47 Å². The van der Waals surface area contributed by atoms with E-state index in [1.807, 2.05) is 0 Å². The highest BCUT2D eigenvalue weighted by molar-refractivity contribution is 5.61. The second-order valence-electron chi connectivity index (χ2n) is 3.45. The highest BCUT2D eigenvalue weighted by Gasteiger charge is 2.13. The molecule has 0 aliphatic rings. The van der Waals surface area contributed by atoms with E-state index in [1.54, 1.807) is 26.4 Å². The van der Waals surface area contributed by atoms with Gasteiger partial charge in [-0.1, -0.05) is 0 Å². The molecule has 7 heteroatoms. The summed E-state index contributed by atoms with van der Waals surface area (Å²) in [4.78, 5) is 8.45. The minimum atomic E-state index is 0.374. The van der Waals surface area contributed by atoms with Crippen LogP contribution >= 0.6 is 0 Å². The molecule has 96 valence electrons. The third-order valence-corrected chi connectivity index (χ3v) is 2.29. The lowest BCUT2D eigenvalue weighted by molar-refractivity contribution is 0.178. The molecule has 0 saturated carbocycles.